The molecule has 1 aliphatic carbocycles. The molecule has 1 aromatic carbocycles. The third-order valence-corrected chi connectivity index (χ3v) is 3.85. The molecule has 1 saturated carbocycles. The summed E-state index contributed by atoms with van der Waals surface area (Å²) in [5.41, 5.74) is 3.65. The van der Waals surface area contributed by atoms with Crippen molar-refractivity contribution in [3.8, 4) is 0 Å². The van der Waals surface area contributed by atoms with Crippen molar-refractivity contribution in [2.45, 2.75) is 53.4 Å². The molecule has 0 heterocycles. The second kappa shape index (κ2) is 7.41. The smallest absolute Gasteiger partial charge is 0.0233 e. The van der Waals surface area contributed by atoms with E-state index in [-0.39, 0.29) is 0 Å². The molecule has 0 nitrogen and oxygen atoms in total. The van der Waals surface area contributed by atoms with E-state index < -0.39 is 0 Å². The predicted octanol–water partition coefficient (Wildman–Crippen LogP) is 5.86. The minimum Gasteiger partial charge on any atom is -0.0955 e. The topological polar surface area (TPSA) is 0 Å². The van der Waals surface area contributed by atoms with Crippen molar-refractivity contribution in [3.63, 3.8) is 0 Å². The van der Waals surface area contributed by atoms with Crippen LogP contribution >= 0.6 is 0 Å². The highest BCUT2D eigenvalue weighted by Crippen LogP contribution is 2.27. The summed E-state index contributed by atoms with van der Waals surface area (Å²) in [4.78, 5) is 0. The number of rotatable bonds is 1. The Kier molecular flexibility index (Phi) is 6.18. The van der Waals surface area contributed by atoms with E-state index in [2.05, 4.69) is 51.6 Å². The van der Waals surface area contributed by atoms with Crippen LogP contribution in [0.5, 0.6) is 0 Å². The molecular formula is C18H28. The van der Waals surface area contributed by atoms with Crippen LogP contribution in [-0.2, 0) is 0 Å². The molecule has 1 aliphatic rings. The van der Waals surface area contributed by atoms with Gasteiger partial charge in [-0.1, -0.05) is 81.5 Å². The maximum atomic E-state index is 3.86. The van der Waals surface area contributed by atoms with Crippen molar-refractivity contribution in [2.75, 3.05) is 0 Å². The number of hydrogen-bond acceptors (Lipinski definition) is 0. The molecule has 1 fully saturated rings. The van der Waals surface area contributed by atoms with Crippen LogP contribution in [0.2, 0.25) is 0 Å². The van der Waals surface area contributed by atoms with Crippen LogP contribution in [0.3, 0.4) is 0 Å². The lowest BCUT2D eigenvalue weighted by Crippen LogP contribution is -2.08. The first-order valence-corrected chi connectivity index (χ1v) is 7.21. The molecule has 0 amide bonds. The van der Waals surface area contributed by atoms with Gasteiger partial charge in [0.1, 0.15) is 0 Å². The summed E-state index contributed by atoms with van der Waals surface area (Å²) < 4.78 is 0. The van der Waals surface area contributed by atoms with Crippen LogP contribution in [0.25, 0.3) is 5.57 Å². The molecule has 0 atom stereocenters. The van der Waals surface area contributed by atoms with Gasteiger partial charge in [-0.05, 0) is 31.2 Å². The van der Waals surface area contributed by atoms with E-state index in [0.717, 1.165) is 17.4 Å². The van der Waals surface area contributed by atoms with Crippen molar-refractivity contribution in [2.24, 2.45) is 11.8 Å². The van der Waals surface area contributed by atoms with Crippen LogP contribution in [0.1, 0.15) is 57.6 Å². The molecule has 2 rings (SSSR count). The van der Waals surface area contributed by atoms with Crippen molar-refractivity contribution in [1.82, 2.24) is 0 Å². The van der Waals surface area contributed by atoms with Crippen LogP contribution in [-0.4, -0.2) is 0 Å². The Morgan fingerprint density at radius 2 is 1.33 bits per heavy atom. The van der Waals surface area contributed by atoms with Gasteiger partial charge in [0.15, 0.2) is 0 Å². The van der Waals surface area contributed by atoms with Gasteiger partial charge in [0, 0.05) is 0 Å². The zero-order valence-corrected chi connectivity index (χ0v) is 12.5. The Hall–Kier alpha value is -1.04. The van der Waals surface area contributed by atoms with E-state index in [9.17, 15) is 0 Å². The predicted molar refractivity (Wildman–Crippen MR) is 82.7 cm³/mol. The van der Waals surface area contributed by atoms with E-state index in [4.69, 9.17) is 0 Å². The van der Waals surface area contributed by atoms with Crippen LogP contribution < -0.4 is 0 Å². The summed E-state index contributed by atoms with van der Waals surface area (Å²) in [5, 5.41) is 0. The first kappa shape index (κ1) is 15.0. The zero-order chi connectivity index (χ0) is 13.5. The van der Waals surface area contributed by atoms with E-state index >= 15 is 0 Å². The Bertz CT molecular complexity index is 340. The van der Waals surface area contributed by atoms with Crippen molar-refractivity contribution in [1.29, 1.82) is 0 Å². The third kappa shape index (κ3) is 5.53. The highest BCUT2D eigenvalue weighted by Gasteiger charge is 2.13. The first-order chi connectivity index (χ1) is 8.49. The largest absolute Gasteiger partial charge is 0.0955 e. The Labute approximate surface area is 113 Å². The van der Waals surface area contributed by atoms with Crippen molar-refractivity contribution >= 4 is 5.57 Å². The molecule has 0 saturated heterocycles. The van der Waals surface area contributed by atoms with Gasteiger partial charge in [-0.15, -0.1) is 0 Å². The van der Waals surface area contributed by atoms with Crippen LogP contribution in [0.15, 0.2) is 30.8 Å². The molecule has 1 aromatic rings. The fourth-order valence-corrected chi connectivity index (χ4v) is 2.26. The fraction of sp³-hybridized carbons (Fsp3) is 0.556. The monoisotopic (exact) mass is 244 g/mol. The van der Waals surface area contributed by atoms with Crippen LogP contribution in [0, 0.1) is 18.8 Å². The standard InChI is InChI=1S/C10H12.C8H16/c1-8(2)10-6-4-9(3)5-7-10;1-7-3-5-8(2)6-4-7/h4-7H,1H2,2-3H3;7-8H,3-6H2,1-2H3. The number of allylic oxidation sites excluding steroid dienone is 1. The highest BCUT2D eigenvalue weighted by molar-refractivity contribution is 5.61. The maximum absolute atomic E-state index is 3.86. The second-order valence-electron chi connectivity index (χ2n) is 6.01. The minimum absolute atomic E-state index is 1.02. The number of benzene rings is 1. The average molecular weight is 244 g/mol. The van der Waals surface area contributed by atoms with E-state index in [0.29, 0.717) is 0 Å². The molecule has 0 aromatic heterocycles. The summed E-state index contributed by atoms with van der Waals surface area (Å²) in [5.74, 6) is 2.04. The molecule has 0 spiro atoms. The molecule has 18 heavy (non-hydrogen) atoms. The first-order valence-electron chi connectivity index (χ1n) is 7.21. The average Bonchev–Trinajstić information content (AvgIpc) is 2.34. The van der Waals surface area contributed by atoms with E-state index in [1.54, 1.807) is 0 Å². The van der Waals surface area contributed by atoms with Gasteiger partial charge in [0.05, 0.1) is 0 Å². The second-order valence-corrected chi connectivity index (χ2v) is 6.01. The quantitative estimate of drug-likeness (QED) is 0.580. The highest BCUT2D eigenvalue weighted by atomic mass is 14.2. The SMILES string of the molecule is C=C(C)c1ccc(C)cc1.CC1CCC(C)CC1. The van der Waals surface area contributed by atoms with Gasteiger partial charge in [0.25, 0.3) is 0 Å². The summed E-state index contributed by atoms with van der Waals surface area (Å²) in [6.45, 7) is 12.7. The van der Waals surface area contributed by atoms with Gasteiger partial charge < -0.3 is 0 Å². The molecular weight excluding hydrogens is 216 g/mol. The fourth-order valence-electron chi connectivity index (χ4n) is 2.26. The van der Waals surface area contributed by atoms with Crippen molar-refractivity contribution in [3.05, 3.63) is 42.0 Å². The molecule has 100 valence electrons. The molecule has 0 radical (unpaired) electrons. The zero-order valence-electron chi connectivity index (χ0n) is 12.5. The molecule has 0 bridgehead atoms. The van der Waals surface area contributed by atoms with Gasteiger partial charge in [-0.25, -0.2) is 0 Å². The van der Waals surface area contributed by atoms with E-state index in [1.165, 1.54) is 36.8 Å². The maximum Gasteiger partial charge on any atom is -0.0233 e. The molecule has 0 unspecified atom stereocenters. The number of hydrogen-bond donors (Lipinski definition) is 0. The Balaban J connectivity index is 0.000000184. The normalized spacial score (nSPS) is 22.9. The summed E-state index contributed by atoms with van der Waals surface area (Å²) >= 11 is 0. The van der Waals surface area contributed by atoms with Gasteiger partial charge in [-0.3, -0.25) is 0 Å². The van der Waals surface area contributed by atoms with Gasteiger partial charge >= 0.3 is 0 Å². The molecule has 0 N–H and O–H groups in total. The summed E-state index contributed by atoms with van der Waals surface area (Å²) in [7, 11) is 0. The van der Waals surface area contributed by atoms with Crippen molar-refractivity contribution < 1.29 is 0 Å². The summed E-state index contributed by atoms with van der Waals surface area (Å²) in [6, 6.07) is 8.39. The third-order valence-electron chi connectivity index (χ3n) is 3.85. The number of aryl methyl sites for hydroxylation is 1. The van der Waals surface area contributed by atoms with E-state index in [1.807, 2.05) is 6.92 Å². The van der Waals surface area contributed by atoms with Gasteiger partial charge in [0.2, 0.25) is 0 Å². The molecule has 0 aliphatic heterocycles. The Morgan fingerprint density at radius 3 is 1.67 bits per heavy atom. The summed E-state index contributed by atoms with van der Waals surface area (Å²) in [6.07, 6.45) is 5.89. The van der Waals surface area contributed by atoms with Crippen LogP contribution in [0.4, 0.5) is 0 Å². The van der Waals surface area contributed by atoms with Gasteiger partial charge in [-0.2, -0.15) is 0 Å². The lowest BCUT2D eigenvalue weighted by atomic mass is 9.84. The lowest BCUT2D eigenvalue weighted by molar-refractivity contribution is 0.308. The molecule has 0 heteroatoms. The lowest BCUT2D eigenvalue weighted by Gasteiger charge is -2.22. The minimum atomic E-state index is 1.02. The Morgan fingerprint density at radius 1 is 0.944 bits per heavy atom.